The highest BCUT2D eigenvalue weighted by atomic mass is 32.2. The van der Waals surface area contributed by atoms with Crippen LogP contribution in [0.3, 0.4) is 0 Å². The predicted molar refractivity (Wildman–Crippen MR) is 64.6 cm³/mol. The second kappa shape index (κ2) is 3.00. The van der Waals surface area contributed by atoms with Crippen molar-refractivity contribution in [2.45, 2.75) is 44.8 Å². The van der Waals surface area contributed by atoms with Gasteiger partial charge in [0.25, 0.3) is 0 Å². The van der Waals surface area contributed by atoms with Crippen molar-refractivity contribution in [2.75, 3.05) is 0 Å². The Morgan fingerprint density at radius 2 is 2.06 bits per heavy atom. The molecular formula is C13H18O2S. The van der Waals surface area contributed by atoms with E-state index in [-0.39, 0.29) is 10.7 Å². The second-order valence-corrected chi connectivity index (χ2v) is 7.56. The molecule has 0 radical (unpaired) electrons. The van der Waals surface area contributed by atoms with E-state index in [0.29, 0.717) is 5.92 Å². The highest BCUT2D eigenvalue weighted by Crippen LogP contribution is 2.58. The molecule has 0 spiro atoms. The van der Waals surface area contributed by atoms with E-state index in [4.69, 9.17) is 0 Å². The molecule has 3 aliphatic rings. The lowest BCUT2D eigenvalue weighted by Gasteiger charge is -2.45. The molecule has 16 heavy (non-hydrogen) atoms. The third kappa shape index (κ3) is 1.10. The van der Waals surface area contributed by atoms with Crippen LogP contribution in [0, 0.1) is 11.3 Å². The molecule has 88 valence electrons. The van der Waals surface area contributed by atoms with Crippen LogP contribution in [0.5, 0.6) is 0 Å². The minimum atomic E-state index is -3.01. The van der Waals surface area contributed by atoms with E-state index >= 15 is 0 Å². The van der Waals surface area contributed by atoms with Crippen LogP contribution in [0.4, 0.5) is 0 Å². The molecule has 1 heterocycles. The maximum absolute atomic E-state index is 12.3. The van der Waals surface area contributed by atoms with Gasteiger partial charge in [0.1, 0.15) is 0 Å². The van der Waals surface area contributed by atoms with Gasteiger partial charge in [-0.3, -0.25) is 0 Å². The van der Waals surface area contributed by atoms with Gasteiger partial charge in [0.2, 0.25) is 0 Å². The van der Waals surface area contributed by atoms with Gasteiger partial charge in [-0.25, -0.2) is 8.42 Å². The number of sulfone groups is 1. The molecule has 0 aromatic carbocycles. The Balaban J connectivity index is 2.25. The third-order valence-corrected chi connectivity index (χ3v) is 7.01. The minimum Gasteiger partial charge on any atom is -0.224 e. The summed E-state index contributed by atoms with van der Waals surface area (Å²) in [6.07, 6.45) is 6.35. The molecule has 3 heteroatoms. The summed E-state index contributed by atoms with van der Waals surface area (Å²) in [7, 11) is -3.01. The molecule has 1 fully saturated rings. The Bertz CT molecular complexity index is 498. The summed E-state index contributed by atoms with van der Waals surface area (Å²) in [5.74, 6) is 0.291. The largest absolute Gasteiger partial charge is 0.224 e. The van der Waals surface area contributed by atoms with Crippen molar-refractivity contribution < 1.29 is 8.42 Å². The summed E-state index contributed by atoms with van der Waals surface area (Å²) in [5, 5.41) is 1.40. The van der Waals surface area contributed by atoms with Gasteiger partial charge < -0.3 is 0 Å². The fourth-order valence-corrected chi connectivity index (χ4v) is 6.67. The van der Waals surface area contributed by atoms with Crippen molar-refractivity contribution in [1.29, 1.82) is 0 Å². The predicted octanol–water partition coefficient (Wildman–Crippen LogP) is 2.82. The average Bonchev–Trinajstić information content (AvgIpc) is 2.39. The Morgan fingerprint density at radius 1 is 1.31 bits per heavy atom. The van der Waals surface area contributed by atoms with E-state index in [2.05, 4.69) is 19.9 Å². The number of hydrogen-bond donors (Lipinski definition) is 0. The van der Waals surface area contributed by atoms with Crippen molar-refractivity contribution in [3.05, 3.63) is 22.6 Å². The van der Waals surface area contributed by atoms with E-state index < -0.39 is 9.84 Å². The van der Waals surface area contributed by atoms with E-state index in [1.165, 1.54) is 11.1 Å². The summed E-state index contributed by atoms with van der Waals surface area (Å²) >= 11 is 0. The molecule has 0 N–H and O–H groups in total. The highest BCUT2D eigenvalue weighted by molar-refractivity contribution is 7.95. The maximum atomic E-state index is 12.3. The van der Waals surface area contributed by atoms with Crippen LogP contribution >= 0.6 is 0 Å². The van der Waals surface area contributed by atoms with Crippen LogP contribution in [0.1, 0.15) is 39.5 Å². The van der Waals surface area contributed by atoms with E-state index in [1.807, 2.05) is 0 Å². The minimum absolute atomic E-state index is 0.158. The van der Waals surface area contributed by atoms with E-state index in [1.54, 1.807) is 5.41 Å². The molecule has 2 nitrogen and oxygen atoms in total. The first-order valence-electron chi connectivity index (χ1n) is 6.11. The van der Waals surface area contributed by atoms with Crippen molar-refractivity contribution in [1.82, 2.24) is 0 Å². The van der Waals surface area contributed by atoms with Crippen LogP contribution in [-0.2, 0) is 9.84 Å². The molecule has 0 bridgehead atoms. The first kappa shape index (κ1) is 10.6. The second-order valence-electron chi connectivity index (χ2n) is 5.64. The molecule has 0 unspecified atom stereocenters. The molecule has 0 aromatic heterocycles. The zero-order chi connectivity index (χ0) is 11.6. The summed E-state index contributed by atoms with van der Waals surface area (Å²) in [5.41, 5.74) is 2.39. The molecule has 0 amide bonds. The molecule has 1 aliphatic heterocycles. The average molecular weight is 238 g/mol. The van der Waals surface area contributed by atoms with Gasteiger partial charge in [-0.1, -0.05) is 25.5 Å². The normalized spacial score (nSPS) is 44.6. The molecule has 0 saturated heterocycles. The number of allylic oxidation sites excluding steroid dienone is 3. The Hall–Kier alpha value is -0.570. The Labute approximate surface area is 97.3 Å². The highest BCUT2D eigenvalue weighted by Gasteiger charge is 2.56. The smallest absolute Gasteiger partial charge is 0.175 e. The first-order valence-corrected chi connectivity index (χ1v) is 7.71. The fourth-order valence-electron chi connectivity index (χ4n) is 4.02. The molecule has 2 aliphatic carbocycles. The summed E-state index contributed by atoms with van der Waals surface area (Å²) in [6, 6.07) is 0. The van der Waals surface area contributed by atoms with Crippen LogP contribution < -0.4 is 0 Å². The zero-order valence-corrected chi connectivity index (χ0v) is 10.7. The Kier molecular flexibility index (Phi) is 1.99. The number of rotatable bonds is 0. The third-order valence-electron chi connectivity index (χ3n) is 4.75. The fraction of sp³-hybridized carbons (Fsp3) is 0.692. The van der Waals surface area contributed by atoms with Crippen molar-refractivity contribution in [3.8, 4) is 0 Å². The number of hydrogen-bond acceptors (Lipinski definition) is 2. The monoisotopic (exact) mass is 238 g/mol. The van der Waals surface area contributed by atoms with E-state index in [0.717, 1.165) is 25.7 Å². The van der Waals surface area contributed by atoms with Gasteiger partial charge in [0, 0.05) is 10.8 Å². The molecule has 1 saturated carbocycles. The molecular weight excluding hydrogens is 220 g/mol. The molecule has 3 rings (SSSR count). The van der Waals surface area contributed by atoms with Gasteiger partial charge in [-0.2, -0.15) is 0 Å². The Morgan fingerprint density at radius 3 is 2.81 bits per heavy atom. The van der Waals surface area contributed by atoms with Crippen molar-refractivity contribution in [2.24, 2.45) is 11.3 Å². The summed E-state index contributed by atoms with van der Waals surface area (Å²) < 4.78 is 24.5. The molecule has 0 aromatic rings. The SMILES string of the molecule is C[C@H]1CCC2=CCCC3=CS(=O)(=O)[C@H]1[C@@]32C. The topological polar surface area (TPSA) is 34.1 Å². The van der Waals surface area contributed by atoms with Crippen molar-refractivity contribution in [3.63, 3.8) is 0 Å². The first-order chi connectivity index (χ1) is 7.46. The van der Waals surface area contributed by atoms with Crippen molar-refractivity contribution >= 4 is 9.84 Å². The standard InChI is InChI=1S/C13H18O2S/c1-9-6-7-10-4-3-5-11-8-16(14,15)12(9)13(10,11)2/h4,8-9,12H,3,5-7H2,1-2H3/t9-,12+,13+/m0/s1. The summed E-state index contributed by atoms with van der Waals surface area (Å²) in [4.78, 5) is 0. The lowest BCUT2D eigenvalue weighted by Crippen LogP contribution is -2.44. The van der Waals surface area contributed by atoms with Crippen LogP contribution in [0.15, 0.2) is 22.6 Å². The van der Waals surface area contributed by atoms with Gasteiger partial charge in [0.15, 0.2) is 9.84 Å². The maximum Gasteiger partial charge on any atom is 0.175 e. The molecule has 3 atom stereocenters. The van der Waals surface area contributed by atoms with E-state index in [9.17, 15) is 8.42 Å². The van der Waals surface area contributed by atoms with Gasteiger partial charge in [-0.15, -0.1) is 0 Å². The zero-order valence-electron chi connectivity index (χ0n) is 9.86. The van der Waals surface area contributed by atoms with Gasteiger partial charge in [-0.05, 0) is 37.2 Å². The van der Waals surface area contributed by atoms with Gasteiger partial charge in [0.05, 0.1) is 5.25 Å². The van der Waals surface area contributed by atoms with Crippen LogP contribution in [0.2, 0.25) is 0 Å². The van der Waals surface area contributed by atoms with Crippen LogP contribution in [-0.4, -0.2) is 13.7 Å². The summed E-state index contributed by atoms with van der Waals surface area (Å²) in [6.45, 7) is 4.24. The quantitative estimate of drug-likeness (QED) is 0.608. The lowest BCUT2D eigenvalue weighted by molar-refractivity contribution is 0.282. The van der Waals surface area contributed by atoms with Gasteiger partial charge >= 0.3 is 0 Å². The van der Waals surface area contributed by atoms with Crippen LogP contribution in [0.25, 0.3) is 0 Å². The lowest BCUT2D eigenvalue weighted by atomic mass is 9.61.